The molecule has 1 heterocycles. The molecular weight excluding hydrogens is 308 g/mol. The summed E-state index contributed by atoms with van der Waals surface area (Å²) in [5, 5.41) is 11.2. The highest BCUT2D eigenvalue weighted by Gasteiger charge is 2.14. The summed E-state index contributed by atoms with van der Waals surface area (Å²) in [6.07, 6.45) is 0.875. The summed E-state index contributed by atoms with van der Waals surface area (Å²) >= 11 is 7.75. The molecule has 1 aromatic carbocycles. The second-order valence-electron chi connectivity index (χ2n) is 4.57. The van der Waals surface area contributed by atoms with Gasteiger partial charge in [0.05, 0.1) is 5.02 Å². The Hall–Kier alpha value is -1.24. The Labute approximate surface area is 133 Å². The van der Waals surface area contributed by atoms with E-state index in [1.165, 1.54) is 11.8 Å². The molecule has 5 nitrogen and oxygen atoms in total. The Bertz CT molecular complexity index is 653. The number of halogens is 1. The lowest BCUT2D eigenvalue weighted by Crippen LogP contribution is -2.17. The minimum atomic E-state index is -0.181. The van der Waals surface area contributed by atoms with Gasteiger partial charge in [-0.05, 0) is 36.4 Å². The van der Waals surface area contributed by atoms with Gasteiger partial charge in [-0.2, -0.15) is 0 Å². The molecule has 114 valence electrons. The van der Waals surface area contributed by atoms with Crippen LogP contribution in [-0.4, -0.2) is 21.3 Å². The zero-order valence-electron chi connectivity index (χ0n) is 12.1. The molecule has 0 radical (unpaired) electrons. The van der Waals surface area contributed by atoms with Crippen molar-refractivity contribution in [3.63, 3.8) is 0 Å². The van der Waals surface area contributed by atoms with Gasteiger partial charge in [-0.25, -0.2) is 9.89 Å². The van der Waals surface area contributed by atoms with E-state index < -0.39 is 0 Å². The van der Waals surface area contributed by atoms with E-state index in [4.69, 9.17) is 11.6 Å². The maximum absolute atomic E-state index is 11.7. The van der Waals surface area contributed by atoms with Crippen LogP contribution in [0.5, 0.6) is 0 Å². The van der Waals surface area contributed by atoms with Crippen LogP contribution < -0.4 is 11.0 Å². The Kier molecular flexibility index (Phi) is 5.90. The van der Waals surface area contributed by atoms with Gasteiger partial charge in [-0.1, -0.05) is 37.6 Å². The van der Waals surface area contributed by atoms with E-state index in [1.54, 1.807) is 4.57 Å². The van der Waals surface area contributed by atoms with E-state index in [0.29, 0.717) is 16.7 Å². The topological polar surface area (TPSA) is 62.7 Å². The molecule has 0 aliphatic rings. The van der Waals surface area contributed by atoms with Crippen molar-refractivity contribution in [3.8, 4) is 0 Å². The number of H-pyrrole nitrogens is 1. The summed E-state index contributed by atoms with van der Waals surface area (Å²) in [6.45, 7) is 6.36. The van der Waals surface area contributed by atoms with Gasteiger partial charge in [0.2, 0.25) is 0 Å². The SMILES string of the molecule is CCCn1c(Sc2c(Cl)cccc2CNCC)n[nH]c1=O. The van der Waals surface area contributed by atoms with Crippen molar-refractivity contribution in [1.82, 2.24) is 20.1 Å². The second kappa shape index (κ2) is 7.68. The smallest absolute Gasteiger partial charge is 0.313 e. The number of benzene rings is 1. The predicted molar refractivity (Wildman–Crippen MR) is 86.1 cm³/mol. The summed E-state index contributed by atoms with van der Waals surface area (Å²) in [7, 11) is 0. The lowest BCUT2D eigenvalue weighted by atomic mass is 10.2. The van der Waals surface area contributed by atoms with Crippen molar-refractivity contribution in [1.29, 1.82) is 0 Å². The summed E-state index contributed by atoms with van der Waals surface area (Å²) in [5.74, 6) is 0. The van der Waals surface area contributed by atoms with Crippen molar-refractivity contribution in [2.75, 3.05) is 6.54 Å². The molecule has 0 spiro atoms. The molecule has 0 atom stereocenters. The summed E-state index contributed by atoms with van der Waals surface area (Å²) in [6, 6.07) is 5.82. The lowest BCUT2D eigenvalue weighted by Gasteiger charge is -2.11. The number of aromatic amines is 1. The highest BCUT2D eigenvalue weighted by molar-refractivity contribution is 7.99. The molecule has 2 N–H and O–H groups in total. The second-order valence-corrected chi connectivity index (χ2v) is 5.96. The van der Waals surface area contributed by atoms with Crippen molar-refractivity contribution in [3.05, 3.63) is 39.3 Å². The standard InChI is InChI=1S/C14H19ClN4OS/c1-3-8-19-13(20)17-18-14(19)21-12-10(9-16-4-2)6-5-7-11(12)15/h5-7,16H,3-4,8-9H2,1-2H3,(H,17,20). The zero-order chi connectivity index (χ0) is 15.2. The van der Waals surface area contributed by atoms with Gasteiger partial charge in [0, 0.05) is 18.0 Å². The van der Waals surface area contributed by atoms with E-state index in [0.717, 1.165) is 30.0 Å². The van der Waals surface area contributed by atoms with Crippen molar-refractivity contribution in [2.45, 2.75) is 43.4 Å². The van der Waals surface area contributed by atoms with Crippen LogP contribution in [0.25, 0.3) is 0 Å². The zero-order valence-corrected chi connectivity index (χ0v) is 13.7. The molecule has 2 aromatic rings. The van der Waals surface area contributed by atoms with Gasteiger partial charge >= 0.3 is 5.69 Å². The molecule has 1 aromatic heterocycles. The number of nitrogens with zero attached hydrogens (tertiary/aromatic N) is 2. The molecule has 21 heavy (non-hydrogen) atoms. The van der Waals surface area contributed by atoms with Gasteiger partial charge in [-0.15, -0.1) is 5.10 Å². The third-order valence-corrected chi connectivity index (χ3v) is 4.59. The number of nitrogens with one attached hydrogen (secondary N) is 2. The highest BCUT2D eigenvalue weighted by atomic mass is 35.5. The summed E-state index contributed by atoms with van der Waals surface area (Å²) < 4.78 is 1.64. The number of hydrogen-bond donors (Lipinski definition) is 2. The largest absolute Gasteiger partial charge is 0.343 e. The van der Waals surface area contributed by atoms with Gasteiger partial charge < -0.3 is 5.32 Å². The number of rotatable bonds is 7. The first-order valence-electron chi connectivity index (χ1n) is 6.98. The average Bonchev–Trinajstić information content (AvgIpc) is 2.81. The molecule has 2 rings (SSSR count). The van der Waals surface area contributed by atoms with Crippen LogP contribution in [0, 0.1) is 0 Å². The van der Waals surface area contributed by atoms with E-state index in [2.05, 4.69) is 22.4 Å². The fourth-order valence-electron chi connectivity index (χ4n) is 1.96. The molecule has 0 aliphatic carbocycles. The van der Waals surface area contributed by atoms with E-state index in [-0.39, 0.29) is 5.69 Å². The summed E-state index contributed by atoms with van der Waals surface area (Å²) in [5.41, 5.74) is 0.924. The number of hydrogen-bond acceptors (Lipinski definition) is 4. The molecule has 7 heteroatoms. The van der Waals surface area contributed by atoms with Gasteiger partial charge in [0.1, 0.15) is 0 Å². The molecular formula is C14H19ClN4OS. The van der Waals surface area contributed by atoms with Crippen LogP contribution >= 0.6 is 23.4 Å². The molecule has 0 saturated carbocycles. The number of aromatic nitrogens is 3. The van der Waals surface area contributed by atoms with Crippen LogP contribution in [0.4, 0.5) is 0 Å². The molecule has 0 unspecified atom stereocenters. The van der Waals surface area contributed by atoms with E-state index in [9.17, 15) is 4.79 Å². The Balaban J connectivity index is 2.32. The van der Waals surface area contributed by atoms with Crippen LogP contribution in [0.1, 0.15) is 25.8 Å². The van der Waals surface area contributed by atoms with E-state index >= 15 is 0 Å². The predicted octanol–water partition coefficient (Wildman–Crippen LogP) is 2.90. The van der Waals surface area contributed by atoms with Crippen molar-refractivity contribution in [2.24, 2.45) is 0 Å². The third kappa shape index (κ3) is 3.90. The highest BCUT2D eigenvalue weighted by Crippen LogP contribution is 2.34. The van der Waals surface area contributed by atoms with Gasteiger partial charge in [0.25, 0.3) is 0 Å². The molecule has 0 amide bonds. The van der Waals surface area contributed by atoms with Crippen LogP contribution in [0.15, 0.2) is 33.0 Å². The minimum absolute atomic E-state index is 0.181. The molecule has 0 fully saturated rings. The van der Waals surface area contributed by atoms with Crippen LogP contribution in [0.2, 0.25) is 5.02 Å². The molecule has 0 aliphatic heterocycles. The van der Waals surface area contributed by atoms with E-state index in [1.807, 2.05) is 25.1 Å². The minimum Gasteiger partial charge on any atom is -0.313 e. The Morgan fingerprint density at radius 3 is 2.95 bits per heavy atom. The maximum atomic E-state index is 11.7. The average molecular weight is 327 g/mol. The lowest BCUT2D eigenvalue weighted by molar-refractivity contribution is 0.603. The quantitative estimate of drug-likeness (QED) is 0.821. The first-order valence-corrected chi connectivity index (χ1v) is 8.18. The Morgan fingerprint density at radius 1 is 1.43 bits per heavy atom. The third-order valence-electron chi connectivity index (χ3n) is 2.98. The van der Waals surface area contributed by atoms with Crippen LogP contribution in [0.3, 0.4) is 0 Å². The Morgan fingerprint density at radius 2 is 2.24 bits per heavy atom. The normalized spacial score (nSPS) is 11.0. The first-order chi connectivity index (χ1) is 10.2. The summed E-state index contributed by atoms with van der Waals surface area (Å²) in [4.78, 5) is 12.7. The molecule has 0 saturated heterocycles. The first kappa shape index (κ1) is 16.1. The molecule has 0 bridgehead atoms. The van der Waals surface area contributed by atoms with Crippen LogP contribution in [-0.2, 0) is 13.1 Å². The van der Waals surface area contributed by atoms with Crippen molar-refractivity contribution >= 4 is 23.4 Å². The fraction of sp³-hybridized carbons (Fsp3) is 0.429. The maximum Gasteiger partial charge on any atom is 0.343 e. The fourth-order valence-corrected chi connectivity index (χ4v) is 3.26. The van der Waals surface area contributed by atoms with Gasteiger partial charge in [0.15, 0.2) is 5.16 Å². The monoisotopic (exact) mass is 326 g/mol. The van der Waals surface area contributed by atoms with Crippen molar-refractivity contribution < 1.29 is 0 Å². The van der Waals surface area contributed by atoms with Gasteiger partial charge in [-0.3, -0.25) is 4.57 Å².